The molecule has 0 spiro atoms. The number of aromatic nitrogens is 2. The maximum absolute atomic E-state index is 13.7. The highest BCUT2D eigenvalue weighted by Gasteiger charge is 2.35. The second kappa shape index (κ2) is 9.89. The molecule has 1 aromatic heterocycles. The van der Waals surface area contributed by atoms with Gasteiger partial charge in [-0.05, 0) is 36.8 Å². The summed E-state index contributed by atoms with van der Waals surface area (Å²) in [4.78, 5) is 17.7. The van der Waals surface area contributed by atoms with Crippen molar-refractivity contribution in [3.8, 4) is 0 Å². The number of amides is 1. The maximum atomic E-state index is 13.7. The van der Waals surface area contributed by atoms with Crippen molar-refractivity contribution in [3.63, 3.8) is 0 Å². The number of hydrogen-bond acceptors (Lipinski definition) is 4. The van der Waals surface area contributed by atoms with E-state index in [0.717, 1.165) is 12.3 Å². The van der Waals surface area contributed by atoms with Gasteiger partial charge in [-0.25, -0.2) is 13.4 Å². The van der Waals surface area contributed by atoms with Gasteiger partial charge in [-0.2, -0.15) is 13.2 Å². The lowest BCUT2D eigenvalue weighted by atomic mass is 9.95. The van der Waals surface area contributed by atoms with Gasteiger partial charge in [0.1, 0.15) is 11.5 Å². The van der Waals surface area contributed by atoms with Crippen molar-refractivity contribution in [1.29, 1.82) is 0 Å². The number of alkyl halides is 3. The molecule has 0 unspecified atom stereocenters. The molecule has 0 aliphatic heterocycles. The third-order valence-corrected chi connectivity index (χ3v) is 7.13. The van der Waals surface area contributed by atoms with Crippen LogP contribution in [-0.2, 0) is 34.5 Å². The molecule has 0 fully saturated rings. The normalized spacial score (nSPS) is 12.6. The highest BCUT2D eigenvalue weighted by Crippen LogP contribution is 2.36. The quantitative estimate of drug-likeness (QED) is 0.444. The van der Waals surface area contributed by atoms with Crippen LogP contribution in [0.25, 0.3) is 0 Å². The predicted octanol–water partition coefficient (Wildman–Crippen LogP) is 5.54. The fourth-order valence-electron chi connectivity index (χ4n) is 3.78. The molecule has 3 aromatic rings. The van der Waals surface area contributed by atoms with Crippen molar-refractivity contribution in [2.45, 2.75) is 57.3 Å². The zero-order chi connectivity index (χ0) is 27.1. The standard InChI is InChI=1S/C25H27ClF3N3O3S/c1-15-21(22(33)30-13-16-9-11-17(12-10-16)36(5,34)35)31-23(24(2,3)4)32(15)14-18-19(25(27,28)29)7-6-8-20(18)26/h6-12H,13-14H2,1-5H3,(H,30,33). The lowest BCUT2D eigenvalue weighted by molar-refractivity contribution is -0.138. The Morgan fingerprint density at radius 1 is 1.08 bits per heavy atom. The maximum Gasteiger partial charge on any atom is 0.416 e. The third-order valence-electron chi connectivity index (χ3n) is 5.65. The number of hydrogen-bond donors (Lipinski definition) is 1. The van der Waals surface area contributed by atoms with Gasteiger partial charge in [-0.1, -0.05) is 50.6 Å². The number of carbonyl (C=O) groups is 1. The van der Waals surface area contributed by atoms with E-state index in [2.05, 4.69) is 10.3 Å². The first-order valence-corrected chi connectivity index (χ1v) is 13.3. The summed E-state index contributed by atoms with van der Waals surface area (Å²) in [5, 5.41) is 2.72. The van der Waals surface area contributed by atoms with Crippen LogP contribution in [0.5, 0.6) is 0 Å². The van der Waals surface area contributed by atoms with Gasteiger partial charge in [-0.3, -0.25) is 4.79 Å². The summed E-state index contributed by atoms with van der Waals surface area (Å²) >= 11 is 6.18. The van der Waals surface area contributed by atoms with E-state index in [4.69, 9.17) is 11.6 Å². The number of benzene rings is 2. The monoisotopic (exact) mass is 541 g/mol. The molecule has 0 saturated carbocycles. The first-order valence-electron chi connectivity index (χ1n) is 11.0. The van der Waals surface area contributed by atoms with Crippen molar-refractivity contribution < 1.29 is 26.4 Å². The van der Waals surface area contributed by atoms with Gasteiger partial charge in [0.05, 0.1) is 17.0 Å². The van der Waals surface area contributed by atoms with E-state index in [-0.39, 0.29) is 34.3 Å². The Morgan fingerprint density at radius 2 is 1.69 bits per heavy atom. The third kappa shape index (κ3) is 6.10. The minimum absolute atomic E-state index is 0.0265. The van der Waals surface area contributed by atoms with E-state index in [1.54, 1.807) is 23.6 Å². The van der Waals surface area contributed by atoms with Gasteiger partial charge in [0.25, 0.3) is 5.91 Å². The number of rotatable bonds is 6. The molecule has 11 heteroatoms. The van der Waals surface area contributed by atoms with Crippen LogP contribution in [0.4, 0.5) is 13.2 Å². The van der Waals surface area contributed by atoms with E-state index in [1.807, 2.05) is 20.8 Å². The molecular formula is C25H27ClF3N3O3S. The molecule has 6 nitrogen and oxygen atoms in total. The molecule has 1 amide bonds. The van der Waals surface area contributed by atoms with Crippen LogP contribution in [0.1, 0.15) is 59.5 Å². The smallest absolute Gasteiger partial charge is 0.347 e. The molecule has 1 heterocycles. The van der Waals surface area contributed by atoms with Gasteiger partial charge in [-0.15, -0.1) is 0 Å². The second-order valence-corrected chi connectivity index (χ2v) is 12.0. The van der Waals surface area contributed by atoms with Crippen LogP contribution in [0.2, 0.25) is 5.02 Å². The molecule has 2 aromatic carbocycles. The number of halogens is 4. The van der Waals surface area contributed by atoms with Crippen molar-refractivity contribution in [2.24, 2.45) is 0 Å². The van der Waals surface area contributed by atoms with Crippen LogP contribution in [0.15, 0.2) is 47.4 Å². The molecule has 1 N–H and O–H groups in total. The topological polar surface area (TPSA) is 81.1 Å². The SMILES string of the molecule is Cc1c(C(=O)NCc2ccc(S(C)(=O)=O)cc2)nc(C(C)(C)C)n1Cc1c(Cl)cccc1C(F)(F)F. The van der Waals surface area contributed by atoms with Crippen LogP contribution in [-0.4, -0.2) is 30.1 Å². The van der Waals surface area contributed by atoms with Crippen LogP contribution < -0.4 is 5.32 Å². The number of sulfone groups is 1. The van der Waals surface area contributed by atoms with Crippen molar-refractivity contribution in [2.75, 3.05) is 6.26 Å². The molecule has 0 aliphatic carbocycles. The number of nitrogens with zero attached hydrogens (tertiary/aromatic N) is 2. The summed E-state index contributed by atoms with van der Waals surface area (Å²) in [6, 6.07) is 9.73. The number of carbonyl (C=O) groups excluding carboxylic acids is 1. The van der Waals surface area contributed by atoms with Crippen molar-refractivity contribution >= 4 is 27.3 Å². The Kier molecular flexibility index (Phi) is 7.62. The van der Waals surface area contributed by atoms with E-state index in [1.165, 1.54) is 24.3 Å². The summed E-state index contributed by atoms with van der Waals surface area (Å²) in [6.45, 7) is 7.10. The zero-order valence-corrected chi connectivity index (χ0v) is 22.1. The van der Waals surface area contributed by atoms with Crippen LogP contribution in [0.3, 0.4) is 0 Å². The average Bonchev–Trinajstić information content (AvgIpc) is 3.09. The van der Waals surface area contributed by atoms with Gasteiger partial charge in [0.2, 0.25) is 0 Å². The van der Waals surface area contributed by atoms with E-state index in [9.17, 15) is 26.4 Å². The lowest BCUT2D eigenvalue weighted by Gasteiger charge is -2.22. The highest BCUT2D eigenvalue weighted by atomic mass is 35.5. The van der Waals surface area contributed by atoms with Gasteiger partial charge in [0, 0.05) is 34.5 Å². The highest BCUT2D eigenvalue weighted by molar-refractivity contribution is 7.90. The molecular weight excluding hydrogens is 515 g/mol. The molecule has 3 rings (SSSR count). The Balaban J connectivity index is 1.94. The average molecular weight is 542 g/mol. The summed E-state index contributed by atoms with van der Waals surface area (Å²) in [7, 11) is -3.34. The largest absolute Gasteiger partial charge is 0.416 e. The first-order chi connectivity index (χ1) is 16.5. The Hall–Kier alpha value is -2.85. The summed E-state index contributed by atoms with van der Waals surface area (Å²) in [6.07, 6.45) is -3.49. The second-order valence-electron chi connectivity index (χ2n) is 9.57. The molecule has 0 radical (unpaired) electrons. The lowest BCUT2D eigenvalue weighted by Crippen LogP contribution is -2.24. The molecule has 194 valence electrons. The van der Waals surface area contributed by atoms with Crippen molar-refractivity contribution in [3.05, 3.63) is 81.4 Å². The number of imidazole rings is 1. The Morgan fingerprint density at radius 3 is 2.22 bits per heavy atom. The van der Waals surface area contributed by atoms with E-state index in [0.29, 0.717) is 17.1 Å². The van der Waals surface area contributed by atoms with Crippen molar-refractivity contribution in [1.82, 2.24) is 14.9 Å². The number of nitrogens with one attached hydrogen (secondary N) is 1. The van der Waals surface area contributed by atoms with Crippen LogP contribution in [0, 0.1) is 6.92 Å². The first kappa shape index (κ1) is 27.7. The summed E-state index contributed by atoms with van der Waals surface area (Å²) in [5.74, 6) is -0.0603. The molecule has 36 heavy (non-hydrogen) atoms. The Bertz CT molecular complexity index is 1390. The fraction of sp³-hybridized carbons (Fsp3) is 0.360. The molecule has 0 bridgehead atoms. The predicted molar refractivity (Wildman–Crippen MR) is 132 cm³/mol. The fourth-order valence-corrected chi connectivity index (χ4v) is 4.64. The Labute approximate surface area is 213 Å². The molecule has 0 aliphatic rings. The summed E-state index contributed by atoms with van der Waals surface area (Å²) in [5.41, 5.74) is -0.354. The minimum atomic E-state index is -4.59. The van der Waals surface area contributed by atoms with E-state index < -0.39 is 32.9 Å². The van der Waals surface area contributed by atoms with Gasteiger partial charge >= 0.3 is 6.18 Å². The van der Waals surface area contributed by atoms with Gasteiger partial charge in [0.15, 0.2) is 9.84 Å². The zero-order valence-electron chi connectivity index (χ0n) is 20.5. The summed E-state index contributed by atoms with van der Waals surface area (Å²) < 4.78 is 65.9. The minimum Gasteiger partial charge on any atom is -0.347 e. The van der Waals surface area contributed by atoms with Gasteiger partial charge < -0.3 is 9.88 Å². The van der Waals surface area contributed by atoms with Crippen LogP contribution >= 0.6 is 11.6 Å². The molecule has 0 saturated heterocycles. The van der Waals surface area contributed by atoms with E-state index >= 15 is 0 Å². The molecule has 0 atom stereocenters.